The minimum atomic E-state index is -3.65. The topological polar surface area (TPSA) is 101 Å². The third-order valence-corrected chi connectivity index (χ3v) is 4.59. The van der Waals surface area contributed by atoms with Gasteiger partial charge in [-0.2, -0.15) is 0 Å². The zero-order valence-electron chi connectivity index (χ0n) is 12.8. The Hall–Kier alpha value is -1.44. The maximum atomic E-state index is 12.1. The Labute approximate surface area is 126 Å². The number of carbonyl (C=O) groups is 1. The van der Waals surface area contributed by atoms with Crippen LogP contribution in [0.4, 0.5) is 5.69 Å². The zero-order chi connectivity index (χ0) is 16.3. The number of amides is 1. The van der Waals surface area contributed by atoms with Gasteiger partial charge in [0.25, 0.3) is 0 Å². The van der Waals surface area contributed by atoms with Crippen molar-refractivity contribution >= 4 is 21.6 Å². The molecule has 7 heteroatoms. The molecule has 118 valence electrons. The van der Waals surface area contributed by atoms with Crippen molar-refractivity contribution in [2.45, 2.75) is 38.6 Å². The molecule has 1 amide bonds. The van der Waals surface area contributed by atoms with Gasteiger partial charge in [0.05, 0.1) is 11.7 Å². The van der Waals surface area contributed by atoms with Gasteiger partial charge in [-0.3, -0.25) is 4.79 Å². The van der Waals surface area contributed by atoms with E-state index in [0.717, 1.165) is 0 Å². The van der Waals surface area contributed by atoms with E-state index in [1.165, 1.54) is 12.1 Å². The van der Waals surface area contributed by atoms with Crippen LogP contribution in [0.25, 0.3) is 0 Å². The highest BCUT2D eigenvalue weighted by atomic mass is 32.2. The standard InChI is InChI=1S/C14H23N3O3S/c1-5-16-21(19,20)11-9-7-6-8-10(11)17-13(18)12(15)14(2,3)4/h6-9,12,16H,5,15H2,1-4H3,(H,17,18)/t12-/m0/s1. The lowest BCUT2D eigenvalue weighted by molar-refractivity contribution is -0.119. The number of para-hydroxylation sites is 1. The lowest BCUT2D eigenvalue weighted by Gasteiger charge is -2.26. The van der Waals surface area contributed by atoms with E-state index in [-0.39, 0.29) is 17.1 Å². The Morgan fingerprint density at radius 3 is 2.38 bits per heavy atom. The number of carbonyl (C=O) groups excluding carboxylic acids is 1. The molecule has 0 saturated heterocycles. The van der Waals surface area contributed by atoms with Crippen molar-refractivity contribution in [3.05, 3.63) is 24.3 Å². The van der Waals surface area contributed by atoms with Crippen LogP contribution in [0.5, 0.6) is 0 Å². The molecule has 1 atom stereocenters. The Bertz CT molecular complexity index is 606. The van der Waals surface area contributed by atoms with Crippen LogP contribution in [-0.4, -0.2) is 26.9 Å². The number of rotatable bonds is 5. The van der Waals surface area contributed by atoms with Crippen molar-refractivity contribution in [3.63, 3.8) is 0 Å². The quantitative estimate of drug-likeness (QED) is 0.762. The maximum absolute atomic E-state index is 12.1. The summed E-state index contributed by atoms with van der Waals surface area (Å²) < 4.78 is 26.6. The Balaban J connectivity index is 3.09. The van der Waals surface area contributed by atoms with Crippen molar-refractivity contribution in [3.8, 4) is 0 Å². The summed E-state index contributed by atoms with van der Waals surface area (Å²) in [5.41, 5.74) is 5.69. The van der Waals surface area contributed by atoms with Gasteiger partial charge in [0.15, 0.2) is 0 Å². The molecule has 0 spiro atoms. The summed E-state index contributed by atoms with van der Waals surface area (Å²) in [6.07, 6.45) is 0. The van der Waals surface area contributed by atoms with Crippen LogP contribution in [0.1, 0.15) is 27.7 Å². The van der Waals surface area contributed by atoms with Crippen molar-refractivity contribution in [1.29, 1.82) is 0 Å². The van der Waals surface area contributed by atoms with Gasteiger partial charge >= 0.3 is 0 Å². The summed E-state index contributed by atoms with van der Waals surface area (Å²) in [5, 5.41) is 2.60. The Morgan fingerprint density at radius 1 is 1.29 bits per heavy atom. The van der Waals surface area contributed by atoms with Crippen LogP contribution in [0.3, 0.4) is 0 Å². The molecule has 0 heterocycles. The first-order chi connectivity index (χ1) is 9.59. The van der Waals surface area contributed by atoms with E-state index in [0.29, 0.717) is 0 Å². The highest BCUT2D eigenvalue weighted by Gasteiger charge is 2.28. The van der Waals surface area contributed by atoms with Crippen LogP contribution in [0.2, 0.25) is 0 Å². The van der Waals surface area contributed by atoms with E-state index in [1.807, 2.05) is 20.8 Å². The van der Waals surface area contributed by atoms with Gasteiger partial charge in [0, 0.05) is 6.54 Å². The summed E-state index contributed by atoms with van der Waals surface area (Å²) in [6, 6.07) is 5.49. The Kier molecular flexibility index (Phi) is 5.49. The third kappa shape index (κ3) is 4.52. The van der Waals surface area contributed by atoms with Crippen LogP contribution < -0.4 is 15.8 Å². The second-order valence-electron chi connectivity index (χ2n) is 5.83. The fourth-order valence-corrected chi connectivity index (χ4v) is 2.88. The molecule has 6 nitrogen and oxygen atoms in total. The predicted molar refractivity (Wildman–Crippen MR) is 83.4 cm³/mol. The summed E-state index contributed by atoms with van der Waals surface area (Å²) in [5.74, 6) is -0.415. The van der Waals surface area contributed by atoms with Crippen LogP contribution in [0, 0.1) is 5.41 Å². The van der Waals surface area contributed by atoms with Crippen LogP contribution >= 0.6 is 0 Å². The zero-order valence-corrected chi connectivity index (χ0v) is 13.6. The van der Waals surface area contributed by atoms with E-state index in [2.05, 4.69) is 10.0 Å². The van der Waals surface area contributed by atoms with E-state index in [1.54, 1.807) is 19.1 Å². The Morgan fingerprint density at radius 2 is 1.86 bits per heavy atom. The molecule has 0 aromatic heterocycles. The van der Waals surface area contributed by atoms with Crippen molar-refractivity contribution in [2.24, 2.45) is 11.1 Å². The summed E-state index contributed by atoms with van der Waals surface area (Å²) in [7, 11) is -3.65. The van der Waals surface area contributed by atoms with Gasteiger partial charge in [0.1, 0.15) is 4.90 Å². The number of nitrogens with two attached hydrogens (primary N) is 1. The van der Waals surface area contributed by atoms with Crippen LogP contribution in [0.15, 0.2) is 29.2 Å². The molecule has 0 aliphatic rings. The first-order valence-electron chi connectivity index (χ1n) is 6.74. The number of hydrogen-bond acceptors (Lipinski definition) is 4. The van der Waals surface area contributed by atoms with Gasteiger partial charge in [-0.05, 0) is 17.5 Å². The van der Waals surface area contributed by atoms with Gasteiger partial charge in [-0.25, -0.2) is 13.1 Å². The predicted octanol–water partition coefficient (Wildman–Crippen LogP) is 1.30. The van der Waals surface area contributed by atoms with E-state index in [9.17, 15) is 13.2 Å². The van der Waals surface area contributed by atoms with Crippen molar-refractivity contribution in [2.75, 3.05) is 11.9 Å². The molecule has 0 saturated carbocycles. The smallest absolute Gasteiger partial charge is 0.242 e. The van der Waals surface area contributed by atoms with Crippen molar-refractivity contribution < 1.29 is 13.2 Å². The molecule has 0 fully saturated rings. The maximum Gasteiger partial charge on any atom is 0.242 e. The van der Waals surface area contributed by atoms with E-state index < -0.39 is 27.4 Å². The second-order valence-corrected chi connectivity index (χ2v) is 7.57. The average Bonchev–Trinajstić information content (AvgIpc) is 2.37. The largest absolute Gasteiger partial charge is 0.323 e. The number of nitrogens with one attached hydrogen (secondary N) is 2. The summed E-state index contributed by atoms with van der Waals surface area (Å²) >= 11 is 0. The van der Waals surface area contributed by atoms with Crippen molar-refractivity contribution in [1.82, 2.24) is 4.72 Å². The highest BCUT2D eigenvalue weighted by Crippen LogP contribution is 2.23. The van der Waals surface area contributed by atoms with Gasteiger partial charge in [-0.15, -0.1) is 0 Å². The second kappa shape index (κ2) is 6.55. The molecule has 0 bridgehead atoms. The fourth-order valence-electron chi connectivity index (χ4n) is 1.68. The fraction of sp³-hybridized carbons (Fsp3) is 0.500. The minimum absolute atomic E-state index is 0.0290. The molecule has 0 aliphatic heterocycles. The monoisotopic (exact) mass is 313 g/mol. The third-order valence-electron chi connectivity index (χ3n) is 2.98. The average molecular weight is 313 g/mol. The molecule has 4 N–H and O–H groups in total. The molecule has 1 rings (SSSR count). The number of anilines is 1. The number of sulfonamides is 1. The first kappa shape index (κ1) is 17.6. The summed E-state index contributed by atoms with van der Waals surface area (Å²) in [6.45, 7) is 7.50. The molecule has 0 unspecified atom stereocenters. The molecule has 21 heavy (non-hydrogen) atoms. The number of benzene rings is 1. The molecule has 0 aliphatic carbocycles. The lowest BCUT2D eigenvalue weighted by Crippen LogP contribution is -2.45. The molecular formula is C14H23N3O3S. The van der Waals surface area contributed by atoms with Gasteiger partial charge in [-0.1, -0.05) is 39.8 Å². The minimum Gasteiger partial charge on any atom is -0.323 e. The lowest BCUT2D eigenvalue weighted by atomic mass is 9.87. The molecular weight excluding hydrogens is 290 g/mol. The normalized spacial score (nSPS) is 13.8. The molecule has 1 aromatic carbocycles. The van der Waals surface area contributed by atoms with E-state index >= 15 is 0 Å². The number of hydrogen-bond donors (Lipinski definition) is 3. The van der Waals surface area contributed by atoms with Gasteiger partial charge in [0.2, 0.25) is 15.9 Å². The summed E-state index contributed by atoms with van der Waals surface area (Å²) in [4.78, 5) is 12.2. The van der Waals surface area contributed by atoms with E-state index in [4.69, 9.17) is 5.73 Å². The SMILES string of the molecule is CCNS(=O)(=O)c1ccccc1NC(=O)[C@H](N)C(C)(C)C. The highest BCUT2D eigenvalue weighted by molar-refractivity contribution is 7.89. The molecule has 0 radical (unpaired) electrons. The van der Waals surface area contributed by atoms with Gasteiger partial charge < -0.3 is 11.1 Å². The first-order valence-corrected chi connectivity index (χ1v) is 8.23. The molecule has 1 aromatic rings. The van der Waals surface area contributed by atoms with Crippen LogP contribution in [-0.2, 0) is 14.8 Å².